The molecule has 1 unspecified atom stereocenters. The second kappa shape index (κ2) is 7.15. The molecule has 2 N–H and O–H groups in total. The Morgan fingerprint density at radius 1 is 1.16 bits per heavy atom. The largest absolute Gasteiger partial charge is 0.486 e. The van der Waals surface area contributed by atoms with E-state index in [9.17, 15) is 4.39 Å². The molecule has 25 heavy (non-hydrogen) atoms. The highest BCUT2D eigenvalue weighted by Gasteiger charge is 2.19. The Balaban J connectivity index is 1.23. The maximum absolute atomic E-state index is 13.4. The summed E-state index contributed by atoms with van der Waals surface area (Å²) in [6.07, 6.45) is 3.88. The van der Waals surface area contributed by atoms with Crippen molar-refractivity contribution in [1.82, 2.24) is 10.3 Å². The van der Waals surface area contributed by atoms with Crippen LogP contribution in [-0.4, -0.2) is 30.8 Å². The quantitative estimate of drug-likeness (QED) is 0.673. The molecule has 2 heterocycles. The fraction of sp³-hybridized carbons (Fsp3) is 0.300. The average Bonchev–Trinajstić information content (AvgIpc) is 3.03. The number of nitrogens with one attached hydrogen (secondary N) is 2. The zero-order valence-corrected chi connectivity index (χ0v) is 13.9. The Morgan fingerprint density at radius 3 is 2.96 bits per heavy atom. The van der Waals surface area contributed by atoms with Crippen LogP contribution in [0.25, 0.3) is 10.9 Å². The summed E-state index contributed by atoms with van der Waals surface area (Å²) in [7, 11) is 0. The maximum Gasteiger partial charge on any atom is 0.161 e. The number of halogens is 1. The predicted molar refractivity (Wildman–Crippen MR) is 95.8 cm³/mol. The van der Waals surface area contributed by atoms with Gasteiger partial charge in [0, 0.05) is 23.6 Å². The van der Waals surface area contributed by atoms with Gasteiger partial charge in [-0.3, -0.25) is 0 Å². The van der Waals surface area contributed by atoms with Crippen LogP contribution in [-0.2, 0) is 6.42 Å². The number of hydrogen-bond acceptors (Lipinski definition) is 3. The molecule has 3 aromatic rings. The summed E-state index contributed by atoms with van der Waals surface area (Å²) in [6, 6.07) is 12.6. The van der Waals surface area contributed by atoms with Crippen molar-refractivity contribution >= 4 is 10.9 Å². The molecule has 0 saturated carbocycles. The van der Waals surface area contributed by atoms with Gasteiger partial charge in [0.2, 0.25) is 0 Å². The van der Waals surface area contributed by atoms with Crippen molar-refractivity contribution < 1.29 is 13.9 Å². The number of aryl methyl sites for hydroxylation is 1. The normalized spacial score (nSPS) is 16.3. The zero-order chi connectivity index (χ0) is 17.1. The van der Waals surface area contributed by atoms with Gasteiger partial charge in [0.25, 0.3) is 0 Å². The maximum atomic E-state index is 13.4. The lowest BCUT2D eigenvalue weighted by Gasteiger charge is -2.26. The third-order valence-corrected chi connectivity index (χ3v) is 4.47. The van der Waals surface area contributed by atoms with E-state index in [1.54, 1.807) is 12.1 Å². The van der Waals surface area contributed by atoms with Crippen LogP contribution >= 0.6 is 0 Å². The van der Waals surface area contributed by atoms with E-state index in [2.05, 4.69) is 10.3 Å². The van der Waals surface area contributed by atoms with Gasteiger partial charge in [0.1, 0.15) is 18.5 Å². The molecule has 5 heteroatoms. The Hall–Kier alpha value is -2.53. The van der Waals surface area contributed by atoms with Gasteiger partial charge >= 0.3 is 0 Å². The van der Waals surface area contributed by atoms with E-state index in [-0.39, 0.29) is 11.9 Å². The second-order valence-electron chi connectivity index (χ2n) is 6.31. The van der Waals surface area contributed by atoms with Crippen LogP contribution in [0.5, 0.6) is 11.5 Å². The minimum absolute atomic E-state index is 0.0251. The molecule has 1 aliphatic rings. The van der Waals surface area contributed by atoms with Gasteiger partial charge in [-0.15, -0.1) is 0 Å². The van der Waals surface area contributed by atoms with Crippen LogP contribution in [0.2, 0.25) is 0 Å². The summed E-state index contributed by atoms with van der Waals surface area (Å²) in [4.78, 5) is 3.19. The van der Waals surface area contributed by atoms with E-state index in [4.69, 9.17) is 9.47 Å². The van der Waals surface area contributed by atoms with Gasteiger partial charge in [-0.1, -0.05) is 12.1 Å². The van der Waals surface area contributed by atoms with Crippen molar-refractivity contribution in [2.24, 2.45) is 0 Å². The summed E-state index contributed by atoms with van der Waals surface area (Å²) in [6.45, 7) is 2.19. The topological polar surface area (TPSA) is 46.3 Å². The number of H-pyrrole nitrogens is 1. The fourth-order valence-electron chi connectivity index (χ4n) is 3.19. The third-order valence-electron chi connectivity index (χ3n) is 4.47. The number of para-hydroxylation sites is 2. The lowest BCUT2D eigenvalue weighted by atomic mass is 10.1. The fourth-order valence-corrected chi connectivity index (χ4v) is 3.19. The molecular weight excluding hydrogens is 319 g/mol. The molecule has 0 amide bonds. The van der Waals surface area contributed by atoms with Crippen LogP contribution in [0.15, 0.2) is 48.7 Å². The molecule has 2 aromatic carbocycles. The lowest BCUT2D eigenvalue weighted by Crippen LogP contribution is -2.38. The monoisotopic (exact) mass is 340 g/mol. The smallest absolute Gasteiger partial charge is 0.161 e. The molecule has 130 valence electrons. The lowest BCUT2D eigenvalue weighted by molar-refractivity contribution is 0.0905. The highest BCUT2D eigenvalue weighted by atomic mass is 19.1. The third kappa shape index (κ3) is 3.61. The highest BCUT2D eigenvalue weighted by molar-refractivity contribution is 5.83. The summed E-state index contributed by atoms with van der Waals surface area (Å²) >= 11 is 0. The number of rotatable bonds is 6. The van der Waals surface area contributed by atoms with Crippen molar-refractivity contribution in [2.75, 3.05) is 19.7 Å². The van der Waals surface area contributed by atoms with E-state index < -0.39 is 0 Å². The van der Waals surface area contributed by atoms with E-state index in [0.717, 1.165) is 53.9 Å². The van der Waals surface area contributed by atoms with Crippen molar-refractivity contribution in [3.63, 3.8) is 0 Å². The number of hydrogen-bond donors (Lipinski definition) is 2. The molecule has 1 atom stereocenters. The summed E-state index contributed by atoms with van der Waals surface area (Å²) in [5.41, 5.74) is 2.14. The molecule has 4 nitrogen and oxygen atoms in total. The Bertz CT molecular complexity index is 862. The first-order chi connectivity index (χ1) is 12.3. The van der Waals surface area contributed by atoms with Gasteiger partial charge in [-0.2, -0.15) is 0 Å². The number of benzene rings is 2. The van der Waals surface area contributed by atoms with Crippen LogP contribution in [0.1, 0.15) is 12.0 Å². The molecular formula is C20H21FN2O2. The molecule has 4 rings (SSSR count). The number of ether oxygens (including phenoxy) is 2. The molecule has 0 bridgehead atoms. The van der Waals surface area contributed by atoms with Gasteiger partial charge in [-0.05, 0) is 55.3 Å². The van der Waals surface area contributed by atoms with Gasteiger partial charge in [0.05, 0.1) is 0 Å². The summed E-state index contributed by atoms with van der Waals surface area (Å²) in [5, 5.41) is 4.39. The van der Waals surface area contributed by atoms with Gasteiger partial charge in [-0.25, -0.2) is 4.39 Å². The predicted octanol–water partition coefficient (Wildman–Crippen LogP) is 3.67. The minimum atomic E-state index is -0.193. The molecule has 0 aliphatic carbocycles. The number of fused-ring (bicyclic) bond motifs is 2. The molecule has 1 aromatic heterocycles. The first kappa shape index (κ1) is 16.0. The highest BCUT2D eigenvalue weighted by Crippen LogP contribution is 2.30. The van der Waals surface area contributed by atoms with Crippen molar-refractivity contribution in [3.8, 4) is 11.5 Å². The Morgan fingerprint density at radius 2 is 2.04 bits per heavy atom. The van der Waals surface area contributed by atoms with Gasteiger partial charge in [0.15, 0.2) is 11.5 Å². The zero-order valence-electron chi connectivity index (χ0n) is 13.9. The van der Waals surface area contributed by atoms with Crippen LogP contribution in [0.4, 0.5) is 4.39 Å². The summed E-state index contributed by atoms with van der Waals surface area (Å²) < 4.78 is 25.0. The second-order valence-corrected chi connectivity index (χ2v) is 6.31. The SMILES string of the molecule is Fc1ccc2[nH]cc(CCCNCC3COc4ccccc4O3)c2c1. The Kier molecular flexibility index (Phi) is 4.57. The number of aromatic nitrogens is 1. The standard InChI is InChI=1S/C20H21FN2O2/c21-15-7-8-18-17(10-15)14(11-23-18)4-3-9-22-12-16-13-24-19-5-1-2-6-20(19)25-16/h1-2,5-8,10-11,16,22-23H,3-4,9,12-13H2. The van der Waals surface area contributed by atoms with Crippen LogP contribution in [0, 0.1) is 5.82 Å². The van der Waals surface area contributed by atoms with Crippen LogP contribution < -0.4 is 14.8 Å². The molecule has 1 aliphatic heterocycles. The van der Waals surface area contributed by atoms with Gasteiger partial charge < -0.3 is 19.8 Å². The van der Waals surface area contributed by atoms with E-state index in [1.807, 2.05) is 30.5 Å². The minimum Gasteiger partial charge on any atom is -0.486 e. The van der Waals surface area contributed by atoms with E-state index >= 15 is 0 Å². The average molecular weight is 340 g/mol. The first-order valence-electron chi connectivity index (χ1n) is 8.64. The van der Waals surface area contributed by atoms with Crippen molar-refractivity contribution in [1.29, 1.82) is 0 Å². The Labute approximate surface area is 146 Å². The molecule has 0 saturated heterocycles. The van der Waals surface area contributed by atoms with E-state index in [0.29, 0.717) is 6.61 Å². The van der Waals surface area contributed by atoms with E-state index in [1.165, 1.54) is 6.07 Å². The molecule has 0 spiro atoms. The first-order valence-corrected chi connectivity index (χ1v) is 8.64. The molecule has 0 fully saturated rings. The number of aromatic amines is 1. The molecule has 0 radical (unpaired) electrons. The summed E-state index contributed by atoms with van der Waals surface area (Å²) in [5.74, 6) is 1.42. The van der Waals surface area contributed by atoms with Crippen molar-refractivity contribution in [3.05, 3.63) is 60.0 Å². The van der Waals surface area contributed by atoms with Crippen molar-refractivity contribution in [2.45, 2.75) is 18.9 Å². The van der Waals surface area contributed by atoms with Crippen LogP contribution in [0.3, 0.4) is 0 Å².